The first-order chi connectivity index (χ1) is 11.2. The number of benzene rings is 1. The predicted molar refractivity (Wildman–Crippen MR) is 93.0 cm³/mol. The second-order valence-electron chi connectivity index (χ2n) is 4.72. The minimum atomic E-state index is -0.307. The summed E-state index contributed by atoms with van der Waals surface area (Å²) in [6.45, 7) is 1.95. The number of imide groups is 1. The van der Waals surface area contributed by atoms with Crippen molar-refractivity contribution in [1.82, 2.24) is 0 Å². The molecule has 114 valence electrons. The first kappa shape index (κ1) is 15.5. The van der Waals surface area contributed by atoms with E-state index in [1.807, 2.05) is 30.5 Å². The van der Waals surface area contributed by atoms with Crippen molar-refractivity contribution < 1.29 is 9.59 Å². The molecule has 0 spiro atoms. The van der Waals surface area contributed by atoms with Gasteiger partial charge >= 0.3 is 0 Å². The number of carbonyl (C=O) groups is 2. The van der Waals surface area contributed by atoms with Gasteiger partial charge in [-0.15, -0.1) is 23.1 Å². The topological polar surface area (TPSA) is 61.2 Å². The SMILES string of the molecule is CCSC1=C(c2cccs2)C(=O)N(c2ccc(C#N)cc2)C1=O. The van der Waals surface area contributed by atoms with E-state index in [2.05, 4.69) is 0 Å². The van der Waals surface area contributed by atoms with Gasteiger partial charge in [-0.25, -0.2) is 4.90 Å². The highest BCUT2D eigenvalue weighted by Crippen LogP contribution is 2.39. The van der Waals surface area contributed by atoms with Crippen LogP contribution in [0.2, 0.25) is 0 Å². The number of rotatable bonds is 4. The minimum Gasteiger partial charge on any atom is -0.268 e. The van der Waals surface area contributed by atoms with Gasteiger partial charge in [-0.2, -0.15) is 5.26 Å². The van der Waals surface area contributed by atoms with Crippen molar-refractivity contribution in [3.05, 3.63) is 57.1 Å². The van der Waals surface area contributed by atoms with Crippen LogP contribution in [0.15, 0.2) is 46.7 Å². The molecule has 0 radical (unpaired) electrons. The van der Waals surface area contributed by atoms with Gasteiger partial charge in [0.2, 0.25) is 0 Å². The Kier molecular flexibility index (Phi) is 4.33. The number of thiophene rings is 1. The van der Waals surface area contributed by atoms with Crippen molar-refractivity contribution in [2.24, 2.45) is 0 Å². The van der Waals surface area contributed by atoms with Crippen LogP contribution in [0.5, 0.6) is 0 Å². The van der Waals surface area contributed by atoms with E-state index < -0.39 is 0 Å². The monoisotopic (exact) mass is 340 g/mol. The first-order valence-corrected chi connectivity index (χ1v) is 8.83. The molecule has 1 aliphatic rings. The molecule has 0 saturated heterocycles. The maximum atomic E-state index is 12.8. The molecule has 2 heterocycles. The van der Waals surface area contributed by atoms with Gasteiger partial charge < -0.3 is 0 Å². The Balaban J connectivity index is 2.04. The summed E-state index contributed by atoms with van der Waals surface area (Å²) in [6.07, 6.45) is 0. The van der Waals surface area contributed by atoms with Gasteiger partial charge in [-0.3, -0.25) is 9.59 Å². The molecule has 0 N–H and O–H groups in total. The molecule has 23 heavy (non-hydrogen) atoms. The van der Waals surface area contributed by atoms with E-state index in [1.54, 1.807) is 24.3 Å². The zero-order valence-electron chi connectivity index (χ0n) is 12.3. The van der Waals surface area contributed by atoms with E-state index in [1.165, 1.54) is 28.0 Å². The summed E-state index contributed by atoms with van der Waals surface area (Å²) in [5.41, 5.74) is 1.45. The molecule has 0 unspecified atom stereocenters. The second-order valence-corrected chi connectivity index (χ2v) is 6.94. The number of nitrogens with zero attached hydrogens (tertiary/aromatic N) is 2. The Bertz CT molecular complexity index is 830. The lowest BCUT2D eigenvalue weighted by molar-refractivity contribution is -0.119. The summed E-state index contributed by atoms with van der Waals surface area (Å²) in [4.78, 5) is 28.0. The van der Waals surface area contributed by atoms with Crippen LogP contribution in [0, 0.1) is 11.3 Å². The fourth-order valence-electron chi connectivity index (χ4n) is 2.35. The Labute approximate surface area is 142 Å². The summed E-state index contributed by atoms with van der Waals surface area (Å²) in [7, 11) is 0. The lowest BCUT2D eigenvalue weighted by atomic mass is 10.2. The third-order valence-electron chi connectivity index (χ3n) is 3.35. The smallest absolute Gasteiger partial charge is 0.268 e. The van der Waals surface area contributed by atoms with Crippen molar-refractivity contribution >= 4 is 46.2 Å². The molecular weight excluding hydrogens is 328 g/mol. The summed E-state index contributed by atoms with van der Waals surface area (Å²) in [5, 5.41) is 10.8. The van der Waals surface area contributed by atoms with Crippen molar-refractivity contribution in [3.63, 3.8) is 0 Å². The molecule has 3 rings (SSSR count). The van der Waals surface area contributed by atoms with E-state index in [0.29, 0.717) is 27.5 Å². The zero-order valence-corrected chi connectivity index (χ0v) is 13.9. The number of hydrogen-bond acceptors (Lipinski definition) is 5. The molecule has 1 aliphatic heterocycles. The average molecular weight is 340 g/mol. The van der Waals surface area contributed by atoms with Crippen LogP contribution in [-0.2, 0) is 9.59 Å². The first-order valence-electron chi connectivity index (χ1n) is 6.97. The molecular formula is C17H12N2O2S2. The Morgan fingerprint density at radius 2 is 1.91 bits per heavy atom. The van der Waals surface area contributed by atoms with Crippen LogP contribution in [0.3, 0.4) is 0 Å². The molecule has 1 aromatic carbocycles. The number of nitriles is 1. The van der Waals surface area contributed by atoms with Gasteiger partial charge in [-0.05, 0) is 41.5 Å². The van der Waals surface area contributed by atoms with Crippen LogP contribution in [0.1, 0.15) is 17.4 Å². The van der Waals surface area contributed by atoms with E-state index >= 15 is 0 Å². The van der Waals surface area contributed by atoms with Crippen LogP contribution < -0.4 is 4.90 Å². The van der Waals surface area contributed by atoms with Crippen LogP contribution >= 0.6 is 23.1 Å². The molecule has 0 aliphatic carbocycles. The van der Waals surface area contributed by atoms with E-state index in [0.717, 1.165) is 4.88 Å². The highest BCUT2D eigenvalue weighted by atomic mass is 32.2. The maximum absolute atomic E-state index is 12.8. The van der Waals surface area contributed by atoms with Gasteiger partial charge in [0.05, 0.1) is 27.8 Å². The molecule has 4 nitrogen and oxygen atoms in total. The third kappa shape index (κ3) is 2.69. The summed E-state index contributed by atoms with van der Waals surface area (Å²) in [5.74, 6) is 0.109. The van der Waals surface area contributed by atoms with Gasteiger partial charge in [0.1, 0.15) is 0 Å². The molecule has 6 heteroatoms. The summed E-state index contributed by atoms with van der Waals surface area (Å²) < 4.78 is 0. The van der Waals surface area contributed by atoms with Crippen molar-refractivity contribution in [3.8, 4) is 6.07 Å². The van der Waals surface area contributed by atoms with Gasteiger partial charge in [0, 0.05) is 4.88 Å². The molecule has 0 bridgehead atoms. The Morgan fingerprint density at radius 3 is 2.48 bits per heavy atom. The lowest BCUT2D eigenvalue weighted by Gasteiger charge is -2.14. The quantitative estimate of drug-likeness (QED) is 0.797. The fourth-order valence-corrected chi connectivity index (χ4v) is 4.02. The number of hydrogen-bond donors (Lipinski definition) is 0. The second kappa shape index (κ2) is 6.41. The van der Waals surface area contributed by atoms with Crippen LogP contribution in [-0.4, -0.2) is 17.6 Å². The molecule has 0 atom stereocenters. The number of amides is 2. The molecule has 0 saturated carbocycles. The Hall–Kier alpha value is -2.36. The normalized spacial score (nSPS) is 14.5. The number of carbonyl (C=O) groups excluding carboxylic acids is 2. The van der Waals surface area contributed by atoms with Crippen molar-refractivity contribution in [1.29, 1.82) is 5.26 Å². The zero-order chi connectivity index (χ0) is 16.4. The van der Waals surface area contributed by atoms with Gasteiger partial charge in [-0.1, -0.05) is 13.0 Å². The largest absolute Gasteiger partial charge is 0.272 e. The van der Waals surface area contributed by atoms with Crippen LogP contribution in [0.25, 0.3) is 5.57 Å². The molecule has 0 fully saturated rings. The average Bonchev–Trinajstić information content (AvgIpc) is 3.16. The minimum absolute atomic E-state index is 0.296. The molecule has 2 amide bonds. The fraction of sp³-hybridized carbons (Fsp3) is 0.118. The summed E-state index contributed by atoms with van der Waals surface area (Å²) >= 11 is 2.83. The highest BCUT2D eigenvalue weighted by Gasteiger charge is 2.40. The molecule has 1 aromatic heterocycles. The summed E-state index contributed by atoms with van der Waals surface area (Å²) in [6, 6.07) is 12.2. The predicted octanol–water partition coefficient (Wildman–Crippen LogP) is 3.66. The third-order valence-corrected chi connectivity index (χ3v) is 5.20. The number of anilines is 1. The van der Waals surface area contributed by atoms with Gasteiger partial charge in [0.15, 0.2) is 0 Å². The van der Waals surface area contributed by atoms with Crippen LogP contribution in [0.4, 0.5) is 5.69 Å². The maximum Gasteiger partial charge on any atom is 0.272 e. The standard InChI is InChI=1S/C17H12N2O2S2/c1-2-22-15-14(13-4-3-9-23-13)16(20)19(17(15)21)12-7-5-11(10-18)6-8-12/h3-9H,2H2,1H3. The van der Waals surface area contributed by atoms with Crippen molar-refractivity contribution in [2.45, 2.75) is 6.92 Å². The lowest BCUT2D eigenvalue weighted by Crippen LogP contribution is -2.31. The van der Waals surface area contributed by atoms with E-state index in [-0.39, 0.29) is 11.8 Å². The van der Waals surface area contributed by atoms with E-state index in [4.69, 9.17) is 5.26 Å². The van der Waals surface area contributed by atoms with Gasteiger partial charge in [0.25, 0.3) is 11.8 Å². The number of thioether (sulfide) groups is 1. The van der Waals surface area contributed by atoms with E-state index in [9.17, 15) is 9.59 Å². The highest BCUT2D eigenvalue weighted by molar-refractivity contribution is 8.04. The molecule has 2 aromatic rings. The Morgan fingerprint density at radius 1 is 1.17 bits per heavy atom. The van der Waals surface area contributed by atoms with Crippen molar-refractivity contribution in [2.75, 3.05) is 10.7 Å².